The van der Waals surface area contributed by atoms with E-state index in [1.165, 1.54) is 0 Å². The van der Waals surface area contributed by atoms with Gasteiger partial charge in [-0.15, -0.1) is 5.10 Å². The highest BCUT2D eigenvalue weighted by Gasteiger charge is 1.99. The molecule has 0 aliphatic heterocycles. The molecule has 0 N–H and O–H groups in total. The molecule has 0 aliphatic carbocycles. The normalized spacial score (nSPS) is 10.6. The summed E-state index contributed by atoms with van der Waals surface area (Å²) in [5, 5.41) is 7.88. The molecule has 2 aromatic rings. The van der Waals surface area contributed by atoms with Crippen molar-refractivity contribution in [2.24, 2.45) is 0 Å². The fourth-order valence-electron chi connectivity index (χ4n) is 1.06. The van der Waals surface area contributed by atoms with Gasteiger partial charge in [0, 0.05) is 12.7 Å². The molecule has 0 saturated carbocycles. The van der Waals surface area contributed by atoms with E-state index in [4.69, 9.17) is 0 Å². The predicted octanol–water partition coefficient (Wildman–Crippen LogP) is 0.846. The van der Waals surface area contributed by atoms with Gasteiger partial charge in [0.15, 0.2) is 0 Å². The second-order valence-electron chi connectivity index (χ2n) is 2.27. The van der Waals surface area contributed by atoms with Crippen LogP contribution in [0.4, 0.5) is 0 Å². The average Bonchev–Trinajstić information content (AvgIpc) is 2.47. The van der Waals surface area contributed by atoms with Crippen LogP contribution in [0.1, 0.15) is 6.92 Å². The first-order chi connectivity index (χ1) is 5.42. The lowest BCUT2D eigenvalue weighted by atomic mass is 10.4. The molecule has 0 fully saturated rings. The first-order valence-corrected chi connectivity index (χ1v) is 3.55. The van der Waals surface area contributed by atoms with Crippen molar-refractivity contribution in [2.75, 3.05) is 0 Å². The van der Waals surface area contributed by atoms with Gasteiger partial charge < -0.3 is 0 Å². The van der Waals surface area contributed by atoms with Gasteiger partial charge in [0.2, 0.25) is 0 Å². The van der Waals surface area contributed by atoms with E-state index in [-0.39, 0.29) is 0 Å². The van der Waals surface area contributed by atoms with E-state index in [1.807, 2.05) is 17.7 Å². The summed E-state index contributed by atoms with van der Waals surface area (Å²) >= 11 is 0. The molecular weight excluding hydrogens is 140 g/mol. The van der Waals surface area contributed by atoms with Gasteiger partial charge in [-0.1, -0.05) is 5.21 Å². The maximum Gasteiger partial charge on any atom is 0.131 e. The van der Waals surface area contributed by atoms with Crippen LogP contribution in [-0.2, 0) is 6.54 Å². The molecule has 2 rings (SSSR count). The van der Waals surface area contributed by atoms with Crippen molar-refractivity contribution in [3.8, 4) is 0 Å². The second kappa shape index (κ2) is 2.30. The molecule has 0 spiro atoms. The lowest BCUT2D eigenvalue weighted by Crippen LogP contribution is -1.95. The number of pyridine rings is 1. The number of aromatic nitrogens is 4. The number of hydrogen-bond acceptors (Lipinski definition) is 3. The Morgan fingerprint density at radius 1 is 1.55 bits per heavy atom. The van der Waals surface area contributed by atoms with Crippen molar-refractivity contribution in [2.45, 2.75) is 13.5 Å². The summed E-state index contributed by atoms with van der Waals surface area (Å²) in [5.41, 5.74) is 1.90. The standard InChI is InChI=1S/C7H8N4/c1-2-11-7-3-4-8-5-6(7)9-10-11/h3-5H,2H2,1H3. The van der Waals surface area contributed by atoms with Crippen LogP contribution in [0.3, 0.4) is 0 Å². The molecule has 56 valence electrons. The molecule has 0 aliphatic rings. The Kier molecular flexibility index (Phi) is 1.31. The van der Waals surface area contributed by atoms with E-state index in [0.29, 0.717) is 0 Å². The van der Waals surface area contributed by atoms with Crippen LogP contribution in [0.2, 0.25) is 0 Å². The smallest absolute Gasteiger partial charge is 0.131 e. The van der Waals surface area contributed by atoms with Crippen LogP contribution in [0.25, 0.3) is 11.0 Å². The van der Waals surface area contributed by atoms with E-state index >= 15 is 0 Å². The van der Waals surface area contributed by atoms with Crippen LogP contribution in [0.5, 0.6) is 0 Å². The van der Waals surface area contributed by atoms with Crippen LogP contribution in [0.15, 0.2) is 18.5 Å². The zero-order valence-corrected chi connectivity index (χ0v) is 6.23. The van der Waals surface area contributed by atoms with Gasteiger partial charge in [-0.25, -0.2) is 4.68 Å². The number of rotatable bonds is 1. The lowest BCUT2D eigenvalue weighted by molar-refractivity contribution is 0.646. The molecule has 0 atom stereocenters. The second-order valence-corrected chi connectivity index (χ2v) is 2.27. The summed E-state index contributed by atoms with van der Waals surface area (Å²) in [6.45, 7) is 2.88. The zero-order chi connectivity index (χ0) is 7.68. The van der Waals surface area contributed by atoms with E-state index in [1.54, 1.807) is 12.4 Å². The number of aryl methyl sites for hydroxylation is 1. The topological polar surface area (TPSA) is 43.6 Å². The van der Waals surface area contributed by atoms with E-state index in [2.05, 4.69) is 15.3 Å². The van der Waals surface area contributed by atoms with E-state index < -0.39 is 0 Å². The third-order valence-corrected chi connectivity index (χ3v) is 1.62. The fourth-order valence-corrected chi connectivity index (χ4v) is 1.06. The molecule has 4 nitrogen and oxygen atoms in total. The highest BCUT2D eigenvalue weighted by atomic mass is 15.4. The minimum atomic E-state index is 0.848. The summed E-state index contributed by atoms with van der Waals surface area (Å²) in [7, 11) is 0. The van der Waals surface area contributed by atoms with Crippen molar-refractivity contribution < 1.29 is 0 Å². The SMILES string of the molecule is CCn1nnc2cnccc21. The van der Waals surface area contributed by atoms with Gasteiger partial charge >= 0.3 is 0 Å². The van der Waals surface area contributed by atoms with Gasteiger partial charge in [-0.2, -0.15) is 0 Å². The van der Waals surface area contributed by atoms with Gasteiger partial charge in [-0.05, 0) is 13.0 Å². The molecule has 11 heavy (non-hydrogen) atoms. The minimum absolute atomic E-state index is 0.848. The third kappa shape index (κ3) is 0.869. The van der Waals surface area contributed by atoms with Crippen molar-refractivity contribution in [1.29, 1.82) is 0 Å². The van der Waals surface area contributed by atoms with Crippen LogP contribution < -0.4 is 0 Å². The Morgan fingerprint density at radius 2 is 2.45 bits per heavy atom. The van der Waals surface area contributed by atoms with Gasteiger partial charge in [0.25, 0.3) is 0 Å². The van der Waals surface area contributed by atoms with Crippen molar-refractivity contribution in [3.63, 3.8) is 0 Å². The zero-order valence-electron chi connectivity index (χ0n) is 6.23. The molecule has 0 aromatic carbocycles. The molecule has 0 radical (unpaired) electrons. The van der Waals surface area contributed by atoms with Crippen molar-refractivity contribution in [1.82, 2.24) is 20.0 Å². The molecule has 0 amide bonds. The molecule has 0 saturated heterocycles. The molecule has 2 aromatic heterocycles. The summed E-state index contributed by atoms with van der Waals surface area (Å²) in [6, 6.07) is 1.92. The van der Waals surface area contributed by atoms with Gasteiger partial charge in [0.05, 0.1) is 11.7 Å². The molecule has 2 heterocycles. The van der Waals surface area contributed by atoms with Crippen LogP contribution in [-0.4, -0.2) is 20.0 Å². The molecule has 0 unspecified atom stereocenters. The Bertz CT molecular complexity index is 365. The van der Waals surface area contributed by atoms with Gasteiger partial charge in [-0.3, -0.25) is 4.98 Å². The Balaban J connectivity index is 2.76. The predicted molar refractivity (Wildman–Crippen MR) is 41.0 cm³/mol. The third-order valence-electron chi connectivity index (χ3n) is 1.62. The number of fused-ring (bicyclic) bond motifs is 1. The molecular formula is C7H8N4. The average molecular weight is 148 g/mol. The van der Waals surface area contributed by atoms with E-state index in [9.17, 15) is 0 Å². The van der Waals surface area contributed by atoms with E-state index in [0.717, 1.165) is 17.6 Å². The van der Waals surface area contributed by atoms with Crippen molar-refractivity contribution in [3.05, 3.63) is 18.5 Å². The maximum absolute atomic E-state index is 3.94. The Hall–Kier alpha value is -1.45. The number of nitrogens with zero attached hydrogens (tertiary/aromatic N) is 4. The molecule has 0 bridgehead atoms. The Morgan fingerprint density at radius 3 is 3.27 bits per heavy atom. The summed E-state index contributed by atoms with van der Waals surface area (Å²) < 4.78 is 1.84. The van der Waals surface area contributed by atoms with Crippen LogP contribution in [0, 0.1) is 0 Å². The largest absolute Gasteiger partial charge is 0.262 e. The minimum Gasteiger partial charge on any atom is -0.262 e. The maximum atomic E-state index is 3.94. The quantitative estimate of drug-likeness (QED) is 0.602. The highest BCUT2D eigenvalue weighted by molar-refractivity contribution is 5.72. The van der Waals surface area contributed by atoms with Gasteiger partial charge in [0.1, 0.15) is 5.52 Å². The first-order valence-electron chi connectivity index (χ1n) is 3.55. The van der Waals surface area contributed by atoms with Crippen molar-refractivity contribution >= 4 is 11.0 Å². The summed E-state index contributed by atoms with van der Waals surface area (Å²) in [6.07, 6.45) is 3.46. The molecule has 4 heteroatoms. The Labute approximate surface area is 63.9 Å². The fraction of sp³-hybridized carbons (Fsp3) is 0.286. The lowest BCUT2D eigenvalue weighted by Gasteiger charge is -1.92. The van der Waals surface area contributed by atoms with Crippen LogP contribution >= 0.6 is 0 Å². The first kappa shape index (κ1) is 6.27. The summed E-state index contributed by atoms with van der Waals surface area (Å²) in [5.74, 6) is 0. The highest BCUT2D eigenvalue weighted by Crippen LogP contribution is 2.06. The number of hydrogen-bond donors (Lipinski definition) is 0. The summed E-state index contributed by atoms with van der Waals surface area (Å²) in [4.78, 5) is 3.94. The monoisotopic (exact) mass is 148 g/mol.